The van der Waals surface area contributed by atoms with Crippen molar-refractivity contribution in [3.8, 4) is 11.1 Å². The average Bonchev–Trinajstić information content (AvgIpc) is 3.31. The number of hydrogen-bond acceptors (Lipinski definition) is 5. The Morgan fingerprint density at radius 1 is 1.21 bits per heavy atom. The predicted octanol–water partition coefficient (Wildman–Crippen LogP) is 5.03. The maximum Gasteiger partial charge on any atom is 0.410 e. The quantitative estimate of drug-likeness (QED) is 0.627. The van der Waals surface area contributed by atoms with E-state index >= 15 is 0 Å². The molecule has 2 aromatic rings. The Hall–Kier alpha value is -2.84. The number of benzene rings is 1. The van der Waals surface area contributed by atoms with Crippen molar-refractivity contribution < 1.29 is 24.2 Å². The highest BCUT2D eigenvalue weighted by Crippen LogP contribution is 2.41. The summed E-state index contributed by atoms with van der Waals surface area (Å²) in [5.74, 6) is -1.53. The fourth-order valence-corrected chi connectivity index (χ4v) is 5.00. The van der Waals surface area contributed by atoms with Crippen LogP contribution in [0.4, 0.5) is 4.79 Å². The van der Waals surface area contributed by atoms with E-state index in [1.54, 1.807) is 49.6 Å². The molecule has 1 aromatic heterocycles. The highest BCUT2D eigenvalue weighted by molar-refractivity contribution is 6.37. The molecule has 0 aliphatic carbocycles. The number of fused-ring (bicyclic) bond motifs is 1. The molecule has 1 aromatic carbocycles. The Morgan fingerprint density at radius 3 is 2.53 bits per heavy atom. The number of aromatic nitrogens is 1. The zero-order valence-electron chi connectivity index (χ0n) is 19.3. The van der Waals surface area contributed by atoms with Crippen LogP contribution < -0.4 is 0 Å². The molecule has 1 N–H and O–H groups in total. The van der Waals surface area contributed by atoms with E-state index in [1.165, 1.54) is 6.07 Å². The van der Waals surface area contributed by atoms with E-state index in [-0.39, 0.29) is 40.2 Å². The lowest BCUT2D eigenvalue weighted by Gasteiger charge is -2.26. The number of aromatic carboxylic acids is 1. The van der Waals surface area contributed by atoms with Crippen molar-refractivity contribution in [2.24, 2.45) is 0 Å². The third-order valence-electron chi connectivity index (χ3n) is 5.92. The first-order valence-corrected chi connectivity index (χ1v) is 11.6. The number of likely N-dealkylation sites (tertiary alicyclic amines) is 1. The second-order valence-corrected chi connectivity index (χ2v) is 10.3. The monoisotopic (exact) mass is 505 g/mol. The Balaban J connectivity index is 1.71. The topological polar surface area (TPSA) is 100 Å². The van der Waals surface area contributed by atoms with Crippen molar-refractivity contribution in [2.45, 2.75) is 52.3 Å². The molecule has 0 radical (unpaired) electrons. The number of nitrogens with zero attached hydrogens (tertiary/aromatic N) is 3. The van der Waals surface area contributed by atoms with E-state index in [0.29, 0.717) is 41.5 Å². The maximum absolute atomic E-state index is 13.6. The Kier molecular flexibility index (Phi) is 6.25. The van der Waals surface area contributed by atoms with E-state index in [9.17, 15) is 19.5 Å². The number of hydrogen-bond donors (Lipinski definition) is 1. The summed E-state index contributed by atoms with van der Waals surface area (Å²) in [7, 11) is 0. The van der Waals surface area contributed by atoms with Crippen LogP contribution in [0.1, 0.15) is 59.3 Å². The molecule has 2 aliphatic rings. The molecule has 1 saturated heterocycles. The van der Waals surface area contributed by atoms with Crippen LogP contribution in [0.2, 0.25) is 10.0 Å². The van der Waals surface area contributed by atoms with E-state index in [0.717, 1.165) is 0 Å². The zero-order chi connectivity index (χ0) is 24.9. The summed E-state index contributed by atoms with van der Waals surface area (Å²) in [4.78, 5) is 46.0. The van der Waals surface area contributed by atoms with Gasteiger partial charge in [-0.25, -0.2) is 9.59 Å². The summed E-state index contributed by atoms with van der Waals surface area (Å²) in [5, 5.41) is 10.6. The molecule has 8 nitrogen and oxygen atoms in total. The summed E-state index contributed by atoms with van der Waals surface area (Å²) >= 11 is 12.5. The van der Waals surface area contributed by atoms with Crippen molar-refractivity contribution in [2.75, 3.05) is 13.1 Å². The van der Waals surface area contributed by atoms with Gasteiger partial charge in [0.2, 0.25) is 0 Å². The summed E-state index contributed by atoms with van der Waals surface area (Å²) < 4.78 is 5.46. The van der Waals surface area contributed by atoms with Gasteiger partial charge >= 0.3 is 12.1 Å². The van der Waals surface area contributed by atoms with Crippen LogP contribution in [0.3, 0.4) is 0 Å². The third kappa shape index (κ3) is 4.44. The van der Waals surface area contributed by atoms with Crippen LogP contribution in [0, 0.1) is 6.92 Å². The zero-order valence-corrected chi connectivity index (χ0v) is 20.8. The van der Waals surface area contributed by atoms with Crippen molar-refractivity contribution >= 4 is 41.2 Å². The number of halogens is 2. The fraction of sp³-hybridized carbons (Fsp3) is 0.417. The first-order valence-electron chi connectivity index (χ1n) is 10.9. The lowest BCUT2D eigenvalue weighted by Crippen LogP contribution is -2.40. The van der Waals surface area contributed by atoms with Gasteiger partial charge in [-0.05, 0) is 46.2 Å². The molecule has 10 heteroatoms. The van der Waals surface area contributed by atoms with Gasteiger partial charge in [0, 0.05) is 34.3 Å². The van der Waals surface area contributed by atoms with E-state index in [2.05, 4.69) is 4.98 Å². The summed E-state index contributed by atoms with van der Waals surface area (Å²) in [6.45, 7) is 8.02. The third-order valence-corrected chi connectivity index (χ3v) is 6.47. The minimum Gasteiger partial charge on any atom is -0.478 e. The van der Waals surface area contributed by atoms with Crippen molar-refractivity contribution in [1.82, 2.24) is 14.8 Å². The van der Waals surface area contributed by atoms with Crippen LogP contribution in [0.25, 0.3) is 11.1 Å². The lowest BCUT2D eigenvalue weighted by molar-refractivity contribution is 0.0276. The van der Waals surface area contributed by atoms with Crippen LogP contribution in [-0.4, -0.2) is 62.6 Å². The first-order chi connectivity index (χ1) is 15.9. The van der Waals surface area contributed by atoms with Crippen LogP contribution in [0.15, 0.2) is 18.2 Å². The van der Waals surface area contributed by atoms with Crippen molar-refractivity contribution in [3.63, 3.8) is 0 Å². The SMILES string of the molecule is Cc1nc2c(c(-c3ccc(Cl)cc3Cl)c1C(=O)O)C(=O)N([C@H]1CCN(C(=O)OC(C)(C)C)C1)C2. The molecule has 0 bridgehead atoms. The number of carboxylic acids is 1. The number of pyridine rings is 1. The largest absolute Gasteiger partial charge is 0.478 e. The van der Waals surface area contributed by atoms with Crippen molar-refractivity contribution in [3.05, 3.63) is 50.8 Å². The molecule has 4 rings (SSSR count). The number of aryl methyl sites for hydroxylation is 1. The van der Waals surface area contributed by atoms with Gasteiger partial charge < -0.3 is 19.6 Å². The van der Waals surface area contributed by atoms with Crippen molar-refractivity contribution in [1.29, 1.82) is 0 Å². The van der Waals surface area contributed by atoms with Crippen LogP contribution in [0.5, 0.6) is 0 Å². The fourth-order valence-electron chi connectivity index (χ4n) is 4.49. The molecule has 3 heterocycles. The molecular formula is C24H25Cl2N3O5. The maximum atomic E-state index is 13.6. The molecule has 0 unspecified atom stereocenters. The second kappa shape index (κ2) is 8.74. The minimum atomic E-state index is -1.20. The lowest BCUT2D eigenvalue weighted by atomic mass is 9.93. The normalized spacial score (nSPS) is 17.8. The first kappa shape index (κ1) is 24.3. The van der Waals surface area contributed by atoms with E-state index < -0.39 is 17.7 Å². The van der Waals surface area contributed by atoms with Gasteiger partial charge in [0.05, 0.1) is 35.1 Å². The molecular weight excluding hydrogens is 481 g/mol. The summed E-state index contributed by atoms with van der Waals surface area (Å²) in [6, 6.07) is 4.49. The molecule has 1 atom stereocenters. The van der Waals surface area contributed by atoms with Gasteiger partial charge in [-0.15, -0.1) is 0 Å². The Labute approximate surface area is 207 Å². The van der Waals surface area contributed by atoms with Crippen LogP contribution >= 0.6 is 23.2 Å². The smallest absolute Gasteiger partial charge is 0.410 e. The molecule has 0 saturated carbocycles. The van der Waals surface area contributed by atoms with E-state index in [4.69, 9.17) is 27.9 Å². The highest BCUT2D eigenvalue weighted by Gasteiger charge is 2.42. The average molecular weight is 506 g/mol. The van der Waals surface area contributed by atoms with Crippen LogP contribution in [-0.2, 0) is 11.3 Å². The van der Waals surface area contributed by atoms with Gasteiger partial charge in [0.1, 0.15) is 5.60 Å². The standard InChI is InChI=1S/C24H25Cl2N3O5/c1-12-18(22(31)32)19(15-6-5-13(25)9-16(15)26)20-17(27-12)11-29(21(20)30)14-7-8-28(10-14)23(33)34-24(2,3)4/h5-6,9,14H,7-8,10-11H2,1-4H3,(H,31,32)/t14-/m0/s1. The highest BCUT2D eigenvalue weighted by atomic mass is 35.5. The van der Waals surface area contributed by atoms with E-state index in [1.807, 2.05) is 0 Å². The molecule has 2 aliphatic heterocycles. The number of carboxylic acid groups (broad SMARTS) is 1. The number of carbonyl (C=O) groups is 3. The molecule has 0 spiro atoms. The van der Waals surface area contributed by atoms with Gasteiger partial charge in [0.25, 0.3) is 5.91 Å². The molecule has 1 fully saturated rings. The minimum absolute atomic E-state index is 0.0695. The van der Waals surface area contributed by atoms with Gasteiger partial charge in [-0.1, -0.05) is 29.3 Å². The Bertz CT molecular complexity index is 1210. The number of rotatable bonds is 3. The number of ether oxygens (including phenoxy) is 1. The predicted molar refractivity (Wildman–Crippen MR) is 127 cm³/mol. The van der Waals surface area contributed by atoms with Gasteiger partial charge in [0.15, 0.2) is 0 Å². The number of carbonyl (C=O) groups excluding carboxylic acids is 2. The molecule has 180 valence electrons. The second-order valence-electron chi connectivity index (χ2n) is 9.50. The Morgan fingerprint density at radius 2 is 1.91 bits per heavy atom. The summed E-state index contributed by atoms with van der Waals surface area (Å²) in [6.07, 6.45) is 0.163. The number of amides is 2. The molecule has 2 amide bonds. The van der Waals surface area contributed by atoms with Gasteiger partial charge in [-0.2, -0.15) is 0 Å². The molecule has 34 heavy (non-hydrogen) atoms. The van der Waals surface area contributed by atoms with Gasteiger partial charge in [-0.3, -0.25) is 9.78 Å². The summed E-state index contributed by atoms with van der Waals surface area (Å²) in [5.41, 5.74) is 0.972.